The number of hydrogen-bond donors (Lipinski definition) is 3. The first-order chi connectivity index (χ1) is 20.6. The van der Waals surface area contributed by atoms with Gasteiger partial charge < -0.3 is 16.0 Å². The number of amides is 1. The SMILES string of the molecule is CCCSN1CCNCC1CCc1c(F)cccc1NC(=O)C(NC)C(c1ccc(F)cc1)c1ccc(C(F)(F)F)cn1. The van der Waals surface area contributed by atoms with E-state index in [1.165, 1.54) is 49.5 Å². The Hall–Kier alpha value is -3.06. The molecule has 3 N–H and O–H groups in total. The fourth-order valence-electron chi connectivity index (χ4n) is 5.23. The number of hydrogen-bond acceptors (Lipinski definition) is 6. The molecule has 3 unspecified atom stereocenters. The summed E-state index contributed by atoms with van der Waals surface area (Å²) in [7, 11) is 1.54. The predicted molar refractivity (Wildman–Crippen MR) is 160 cm³/mol. The molecular weight excluding hydrogens is 585 g/mol. The first-order valence-corrected chi connectivity index (χ1v) is 15.2. The first kappa shape index (κ1) is 32.8. The molecule has 0 saturated carbocycles. The van der Waals surface area contributed by atoms with Crippen LogP contribution < -0.4 is 16.0 Å². The Morgan fingerprint density at radius 2 is 1.91 bits per heavy atom. The number of anilines is 1. The number of aromatic nitrogens is 1. The molecule has 3 atom stereocenters. The summed E-state index contributed by atoms with van der Waals surface area (Å²) >= 11 is 1.80. The minimum Gasteiger partial charge on any atom is -0.324 e. The molecule has 43 heavy (non-hydrogen) atoms. The second kappa shape index (κ2) is 15.1. The van der Waals surface area contributed by atoms with E-state index in [0.717, 1.165) is 37.9 Å². The highest BCUT2D eigenvalue weighted by molar-refractivity contribution is 7.97. The molecule has 0 bridgehead atoms. The summed E-state index contributed by atoms with van der Waals surface area (Å²) in [5.41, 5.74) is 0.423. The van der Waals surface area contributed by atoms with E-state index in [0.29, 0.717) is 35.9 Å². The zero-order valence-corrected chi connectivity index (χ0v) is 24.9. The smallest absolute Gasteiger partial charge is 0.324 e. The van der Waals surface area contributed by atoms with Crippen molar-refractivity contribution in [2.45, 2.75) is 50.4 Å². The second-order valence-corrected chi connectivity index (χ2v) is 11.5. The van der Waals surface area contributed by atoms with Crippen LogP contribution in [-0.4, -0.2) is 59.7 Å². The van der Waals surface area contributed by atoms with Crippen LogP contribution in [0, 0.1) is 11.6 Å². The van der Waals surface area contributed by atoms with Gasteiger partial charge in [0.2, 0.25) is 5.91 Å². The van der Waals surface area contributed by atoms with Crippen molar-refractivity contribution in [3.63, 3.8) is 0 Å². The van der Waals surface area contributed by atoms with Gasteiger partial charge in [-0.15, -0.1) is 0 Å². The van der Waals surface area contributed by atoms with Crippen LogP contribution in [0.5, 0.6) is 0 Å². The lowest BCUT2D eigenvalue weighted by Crippen LogP contribution is -2.48. The van der Waals surface area contributed by atoms with E-state index in [2.05, 4.69) is 32.2 Å². The number of piperazine rings is 1. The summed E-state index contributed by atoms with van der Waals surface area (Å²) in [6, 6.07) is 11.1. The average molecular weight is 622 g/mol. The molecule has 3 aromatic rings. The molecule has 12 heteroatoms. The zero-order chi connectivity index (χ0) is 31.0. The Morgan fingerprint density at radius 3 is 2.56 bits per heavy atom. The summed E-state index contributed by atoms with van der Waals surface area (Å²) in [5.74, 6) is -1.34. The number of pyridine rings is 1. The molecule has 1 aliphatic rings. The van der Waals surface area contributed by atoms with Crippen molar-refractivity contribution >= 4 is 23.5 Å². The Bertz CT molecular complexity index is 1340. The number of carbonyl (C=O) groups is 1. The molecule has 0 radical (unpaired) electrons. The average Bonchev–Trinajstić information content (AvgIpc) is 2.99. The van der Waals surface area contributed by atoms with Crippen molar-refractivity contribution in [1.82, 2.24) is 19.9 Å². The summed E-state index contributed by atoms with van der Waals surface area (Å²) in [5, 5.41) is 9.19. The number of likely N-dealkylation sites (N-methyl/N-ethyl adjacent to an activating group) is 1. The molecule has 232 valence electrons. The number of carbonyl (C=O) groups excluding carboxylic acids is 1. The van der Waals surface area contributed by atoms with E-state index >= 15 is 4.39 Å². The lowest BCUT2D eigenvalue weighted by atomic mass is 9.87. The molecule has 2 aromatic carbocycles. The highest BCUT2D eigenvalue weighted by Crippen LogP contribution is 2.33. The monoisotopic (exact) mass is 621 g/mol. The fourth-order valence-corrected chi connectivity index (χ4v) is 6.26. The number of halogens is 5. The number of nitrogens with one attached hydrogen (secondary N) is 3. The van der Waals surface area contributed by atoms with Gasteiger partial charge in [0.1, 0.15) is 11.6 Å². The standard InChI is InChI=1S/C31H36F5N5OS/c1-3-17-43-41-16-15-38-19-23(41)12-13-24-25(33)5-4-6-26(24)40-30(42)29(37-2)28(20-7-10-22(32)11-8-20)27-14-9-21(18-39-27)31(34,35)36/h4-11,14,18,23,28-29,37-38H,3,12-13,15-17,19H2,1-2H3,(H,40,42). The van der Waals surface area contributed by atoms with Crippen LogP contribution in [0.25, 0.3) is 0 Å². The molecule has 1 saturated heterocycles. The third-order valence-electron chi connectivity index (χ3n) is 7.45. The van der Waals surface area contributed by atoms with Crippen LogP contribution in [0.3, 0.4) is 0 Å². The van der Waals surface area contributed by atoms with Gasteiger partial charge in [0.15, 0.2) is 0 Å². The first-order valence-electron chi connectivity index (χ1n) is 14.3. The van der Waals surface area contributed by atoms with Crippen molar-refractivity contribution in [2.24, 2.45) is 0 Å². The van der Waals surface area contributed by atoms with Crippen molar-refractivity contribution in [3.05, 3.63) is 94.8 Å². The number of benzene rings is 2. The Morgan fingerprint density at radius 1 is 1.14 bits per heavy atom. The maximum Gasteiger partial charge on any atom is 0.417 e. The van der Waals surface area contributed by atoms with Gasteiger partial charge in [-0.3, -0.25) is 9.78 Å². The molecular formula is C31H36F5N5OS. The van der Waals surface area contributed by atoms with Gasteiger partial charge in [0.05, 0.1) is 17.5 Å². The van der Waals surface area contributed by atoms with Gasteiger partial charge in [-0.1, -0.05) is 37.1 Å². The van der Waals surface area contributed by atoms with Crippen LogP contribution >= 0.6 is 11.9 Å². The second-order valence-electron chi connectivity index (χ2n) is 10.4. The van der Waals surface area contributed by atoms with Crippen LogP contribution in [0.4, 0.5) is 27.6 Å². The Kier molecular flexibility index (Phi) is 11.5. The van der Waals surface area contributed by atoms with Crippen molar-refractivity contribution in [1.29, 1.82) is 0 Å². The quantitative estimate of drug-likeness (QED) is 0.170. The maximum absolute atomic E-state index is 15.2. The molecule has 4 rings (SSSR count). The Labute approximate surface area is 253 Å². The molecule has 1 amide bonds. The molecule has 0 spiro atoms. The summed E-state index contributed by atoms with van der Waals surface area (Å²) in [6.45, 7) is 4.70. The van der Waals surface area contributed by atoms with Gasteiger partial charge >= 0.3 is 6.18 Å². The normalized spacial score (nSPS) is 17.4. The van der Waals surface area contributed by atoms with Gasteiger partial charge in [0.25, 0.3) is 0 Å². The van der Waals surface area contributed by atoms with Gasteiger partial charge in [0, 0.05) is 54.6 Å². The number of nitrogens with zero attached hydrogens (tertiary/aromatic N) is 2. The van der Waals surface area contributed by atoms with E-state index in [1.807, 2.05) is 0 Å². The third kappa shape index (κ3) is 8.53. The highest BCUT2D eigenvalue weighted by atomic mass is 32.2. The minimum atomic E-state index is -4.58. The topological polar surface area (TPSA) is 69.3 Å². The molecule has 0 aliphatic carbocycles. The summed E-state index contributed by atoms with van der Waals surface area (Å²) in [6.07, 6.45) is -1.74. The lowest BCUT2D eigenvalue weighted by molar-refractivity contribution is -0.137. The molecule has 6 nitrogen and oxygen atoms in total. The van der Waals surface area contributed by atoms with Gasteiger partial charge in [-0.05, 0) is 68.3 Å². The predicted octanol–water partition coefficient (Wildman–Crippen LogP) is 6.00. The van der Waals surface area contributed by atoms with Crippen molar-refractivity contribution in [2.75, 3.05) is 37.8 Å². The molecule has 2 heterocycles. The Balaban J connectivity index is 1.59. The molecule has 1 fully saturated rings. The minimum absolute atomic E-state index is 0.183. The number of rotatable bonds is 12. The molecule has 1 aliphatic heterocycles. The largest absolute Gasteiger partial charge is 0.417 e. The summed E-state index contributed by atoms with van der Waals surface area (Å²) in [4.78, 5) is 17.8. The van der Waals surface area contributed by atoms with Crippen LogP contribution in [0.15, 0.2) is 60.8 Å². The van der Waals surface area contributed by atoms with Gasteiger partial charge in [-0.25, -0.2) is 13.1 Å². The van der Waals surface area contributed by atoms with Crippen LogP contribution in [0.1, 0.15) is 48.1 Å². The van der Waals surface area contributed by atoms with Crippen LogP contribution in [-0.2, 0) is 17.4 Å². The van der Waals surface area contributed by atoms with Crippen LogP contribution in [0.2, 0.25) is 0 Å². The molecule has 1 aromatic heterocycles. The van der Waals surface area contributed by atoms with E-state index in [4.69, 9.17) is 0 Å². The van der Waals surface area contributed by atoms with E-state index < -0.39 is 41.2 Å². The lowest BCUT2D eigenvalue weighted by Gasteiger charge is -2.35. The number of alkyl halides is 3. The highest BCUT2D eigenvalue weighted by Gasteiger charge is 2.34. The van der Waals surface area contributed by atoms with Gasteiger partial charge in [-0.2, -0.15) is 13.2 Å². The fraction of sp³-hybridized carbons (Fsp3) is 0.419. The van der Waals surface area contributed by atoms with Crippen molar-refractivity contribution < 1.29 is 26.7 Å². The maximum atomic E-state index is 15.2. The van der Waals surface area contributed by atoms with E-state index in [9.17, 15) is 22.4 Å². The van der Waals surface area contributed by atoms with E-state index in [1.54, 1.807) is 18.0 Å². The summed E-state index contributed by atoms with van der Waals surface area (Å²) < 4.78 is 70.9. The van der Waals surface area contributed by atoms with E-state index in [-0.39, 0.29) is 11.7 Å². The van der Waals surface area contributed by atoms with Crippen molar-refractivity contribution in [3.8, 4) is 0 Å². The third-order valence-corrected chi connectivity index (χ3v) is 8.85. The zero-order valence-electron chi connectivity index (χ0n) is 24.1.